The molecule has 0 spiro atoms. The second-order valence-electron chi connectivity index (χ2n) is 5.63. The lowest BCUT2D eigenvalue weighted by molar-refractivity contribution is 0.171. The van der Waals surface area contributed by atoms with Crippen molar-refractivity contribution in [1.29, 1.82) is 0 Å². The van der Waals surface area contributed by atoms with Crippen molar-refractivity contribution in [2.24, 2.45) is 5.92 Å². The van der Waals surface area contributed by atoms with Gasteiger partial charge in [-0.1, -0.05) is 6.07 Å². The van der Waals surface area contributed by atoms with Crippen LogP contribution >= 0.6 is 12.4 Å². The van der Waals surface area contributed by atoms with Crippen LogP contribution in [0.1, 0.15) is 18.4 Å². The molecule has 0 radical (unpaired) electrons. The zero-order valence-corrected chi connectivity index (χ0v) is 13.2. The van der Waals surface area contributed by atoms with Gasteiger partial charge >= 0.3 is 0 Å². The molecule has 2 heterocycles. The Kier molecular flexibility index (Phi) is 6.61. The standard InChI is InChI=1S/C16H24N2O2.ClH/c1-2-15-16(20-10-9-19-15)11-13(1)3-8-18-12-14-4-6-17-7-5-14;/h1-2,11,14,17-18H,3-10,12H2;1H. The molecule has 21 heavy (non-hydrogen) atoms. The third kappa shape index (κ3) is 4.77. The number of piperidine rings is 1. The molecule has 118 valence electrons. The van der Waals surface area contributed by atoms with Crippen LogP contribution in [0.3, 0.4) is 0 Å². The van der Waals surface area contributed by atoms with Crippen LogP contribution < -0.4 is 20.1 Å². The van der Waals surface area contributed by atoms with Crippen molar-refractivity contribution < 1.29 is 9.47 Å². The van der Waals surface area contributed by atoms with Gasteiger partial charge in [-0.15, -0.1) is 12.4 Å². The van der Waals surface area contributed by atoms with E-state index in [1.54, 1.807) is 0 Å². The fourth-order valence-electron chi connectivity index (χ4n) is 2.87. The van der Waals surface area contributed by atoms with Gasteiger partial charge in [-0.2, -0.15) is 0 Å². The highest BCUT2D eigenvalue weighted by Crippen LogP contribution is 2.30. The SMILES string of the molecule is Cl.c1cc2c(cc1CCNCC1CCNCC1)OCCO2. The van der Waals surface area contributed by atoms with Gasteiger partial charge in [0.1, 0.15) is 13.2 Å². The van der Waals surface area contributed by atoms with E-state index in [1.165, 1.54) is 31.5 Å². The van der Waals surface area contributed by atoms with E-state index in [0.717, 1.165) is 36.9 Å². The van der Waals surface area contributed by atoms with E-state index in [1.807, 2.05) is 6.07 Å². The largest absolute Gasteiger partial charge is 0.486 e. The predicted octanol–water partition coefficient (Wildman–Crippen LogP) is 2.01. The van der Waals surface area contributed by atoms with Crippen LogP contribution in [0.4, 0.5) is 0 Å². The number of hydrogen-bond donors (Lipinski definition) is 2. The molecule has 2 aliphatic rings. The summed E-state index contributed by atoms with van der Waals surface area (Å²) in [4.78, 5) is 0. The summed E-state index contributed by atoms with van der Waals surface area (Å²) < 4.78 is 11.2. The number of ether oxygens (including phenoxy) is 2. The fraction of sp³-hybridized carbons (Fsp3) is 0.625. The zero-order valence-electron chi connectivity index (χ0n) is 12.4. The highest BCUT2D eigenvalue weighted by Gasteiger charge is 2.13. The Bertz CT molecular complexity index is 436. The molecular weight excluding hydrogens is 288 g/mol. The molecule has 2 aliphatic heterocycles. The maximum absolute atomic E-state index is 5.61. The molecule has 5 heteroatoms. The van der Waals surface area contributed by atoms with Gasteiger partial charge in [0.05, 0.1) is 0 Å². The van der Waals surface area contributed by atoms with Crippen molar-refractivity contribution >= 4 is 12.4 Å². The molecule has 4 nitrogen and oxygen atoms in total. The van der Waals surface area contributed by atoms with Gasteiger partial charge in [0.2, 0.25) is 0 Å². The molecule has 0 atom stereocenters. The van der Waals surface area contributed by atoms with Gasteiger partial charge in [0.15, 0.2) is 11.5 Å². The minimum atomic E-state index is 0. The van der Waals surface area contributed by atoms with E-state index in [-0.39, 0.29) is 12.4 Å². The van der Waals surface area contributed by atoms with Gasteiger partial charge in [-0.3, -0.25) is 0 Å². The Hall–Kier alpha value is -0.970. The number of rotatable bonds is 5. The summed E-state index contributed by atoms with van der Waals surface area (Å²) in [5, 5.41) is 6.99. The Morgan fingerprint density at radius 3 is 2.67 bits per heavy atom. The first-order valence-corrected chi connectivity index (χ1v) is 7.72. The van der Waals surface area contributed by atoms with Gasteiger partial charge in [-0.25, -0.2) is 0 Å². The van der Waals surface area contributed by atoms with Crippen LogP contribution in [0.15, 0.2) is 18.2 Å². The third-order valence-electron chi connectivity index (χ3n) is 4.09. The maximum Gasteiger partial charge on any atom is 0.161 e. The molecule has 0 aromatic heterocycles. The monoisotopic (exact) mass is 312 g/mol. The van der Waals surface area contributed by atoms with Crippen LogP contribution in [0.25, 0.3) is 0 Å². The third-order valence-corrected chi connectivity index (χ3v) is 4.09. The maximum atomic E-state index is 5.61. The van der Waals surface area contributed by atoms with Crippen molar-refractivity contribution in [3.63, 3.8) is 0 Å². The normalized spacial score (nSPS) is 18.1. The molecule has 0 saturated carbocycles. The quantitative estimate of drug-likeness (QED) is 0.816. The van der Waals surface area contributed by atoms with E-state index in [0.29, 0.717) is 13.2 Å². The van der Waals surface area contributed by atoms with Crippen molar-refractivity contribution in [3.05, 3.63) is 23.8 Å². The van der Waals surface area contributed by atoms with E-state index in [2.05, 4.69) is 22.8 Å². The fourth-order valence-corrected chi connectivity index (χ4v) is 2.87. The molecule has 1 saturated heterocycles. The summed E-state index contributed by atoms with van der Waals surface area (Å²) in [6.45, 7) is 5.84. The van der Waals surface area contributed by atoms with Gasteiger partial charge in [0.25, 0.3) is 0 Å². The zero-order chi connectivity index (χ0) is 13.6. The van der Waals surface area contributed by atoms with Crippen molar-refractivity contribution in [2.75, 3.05) is 39.4 Å². The minimum absolute atomic E-state index is 0. The molecular formula is C16H25ClN2O2. The summed E-state index contributed by atoms with van der Waals surface area (Å²) >= 11 is 0. The predicted molar refractivity (Wildman–Crippen MR) is 86.8 cm³/mol. The summed E-state index contributed by atoms with van der Waals surface area (Å²) in [7, 11) is 0. The summed E-state index contributed by atoms with van der Waals surface area (Å²) in [5.41, 5.74) is 1.31. The number of halogens is 1. The van der Waals surface area contributed by atoms with Crippen LogP contribution in [0.2, 0.25) is 0 Å². The highest BCUT2D eigenvalue weighted by molar-refractivity contribution is 5.85. The summed E-state index contributed by atoms with van der Waals surface area (Å²) in [6.07, 6.45) is 3.65. The number of fused-ring (bicyclic) bond motifs is 1. The van der Waals surface area contributed by atoms with Crippen LogP contribution in [-0.4, -0.2) is 39.4 Å². The minimum Gasteiger partial charge on any atom is -0.486 e. The van der Waals surface area contributed by atoms with Crippen molar-refractivity contribution in [3.8, 4) is 11.5 Å². The smallest absolute Gasteiger partial charge is 0.161 e. The van der Waals surface area contributed by atoms with E-state index in [9.17, 15) is 0 Å². The number of hydrogen-bond acceptors (Lipinski definition) is 4. The summed E-state index contributed by atoms with van der Waals surface area (Å²) in [6, 6.07) is 6.27. The number of benzene rings is 1. The lowest BCUT2D eigenvalue weighted by atomic mass is 9.98. The van der Waals surface area contributed by atoms with Gasteiger partial charge < -0.3 is 20.1 Å². The Balaban J connectivity index is 0.00000161. The Morgan fingerprint density at radius 1 is 1.10 bits per heavy atom. The molecule has 1 aromatic rings. The van der Waals surface area contributed by atoms with Crippen LogP contribution in [-0.2, 0) is 6.42 Å². The molecule has 0 bridgehead atoms. The Morgan fingerprint density at radius 2 is 1.86 bits per heavy atom. The lowest BCUT2D eigenvalue weighted by Crippen LogP contribution is -2.34. The average Bonchev–Trinajstić information content (AvgIpc) is 2.52. The molecule has 2 N–H and O–H groups in total. The van der Waals surface area contributed by atoms with Crippen molar-refractivity contribution in [1.82, 2.24) is 10.6 Å². The van der Waals surface area contributed by atoms with E-state index < -0.39 is 0 Å². The highest BCUT2D eigenvalue weighted by atomic mass is 35.5. The summed E-state index contributed by atoms with van der Waals surface area (Å²) in [5.74, 6) is 2.62. The topological polar surface area (TPSA) is 42.5 Å². The first-order chi connectivity index (χ1) is 9.92. The molecule has 0 aliphatic carbocycles. The molecule has 0 unspecified atom stereocenters. The van der Waals surface area contributed by atoms with Gasteiger partial charge in [0, 0.05) is 0 Å². The second kappa shape index (κ2) is 8.47. The average molecular weight is 313 g/mol. The molecule has 3 rings (SSSR count). The first kappa shape index (κ1) is 16.4. The van der Waals surface area contributed by atoms with Crippen molar-refractivity contribution in [2.45, 2.75) is 19.3 Å². The van der Waals surface area contributed by atoms with E-state index in [4.69, 9.17) is 9.47 Å². The Labute approximate surface area is 133 Å². The number of nitrogens with one attached hydrogen (secondary N) is 2. The first-order valence-electron chi connectivity index (χ1n) is 7.72. The van der Waals surface area contributed by atoms with Crippen LogP contribution in [0.5, 0.6) is 11.5 Å². The molecule has 1 aromatic carbocycles. The lowest BCUT2D eigenvalue weighted by Gasteiger charge is -2.23. The molecule has 0 amide bonds. The molecule has 1 fully saturated rings. The van der Waals surface area contributed by atoms with E-state index >= 15 is 0 Å². The van der Waals surface area contributed by atoms with Crippen LogP contribution in [0, 0.1) is 5.92 Å². The van der Waals surface area contributed by atoms with Gasteiger partial charge in [-0.05, 0) is 69.1 Å². The second-order valence-corrected chi connectivity index (χ2v) is 5.63.